The fourth-order valence-electron chi connectivity index (χ4n) is 2.41. The minimum absolute atomic E-state index is 0.0692. The minimum atomic E-state index is -0.388. The zero-order chi connectivity index (χ0) is 15.2. The molecule has 0 saturated carbocycles. The summed E-state index contributed by atoms with van der Waals surface area (Å²) in [5.41, 5.74) is 7.79. The Hall–Kier alpha value is -2.12. The molecule has 0 radical (unpaired) electrons. The van der Waals surface area contributed by atoms with Crippen LogP contribution in [0.15, 0.2) is 24.3 Å². The third-order valence-corrected chi connectivity index (χ3v) is 3.60. The molecule has 1 heterocycles. The number of nitrogens with two attached hydrogens (primary N) is 2. The number of ether oxygens (including phenoxy) is 1. The smallest absolute Gasteiger partial charge is 0.268 e. The molecule has 21 heavy (non-hydrogen) atoms. The lowest BCUT2D eigenvalue weighted by molar-refractivity contribution is -0.121. The summed E-state index contributed by atoms with van der Waals surface area (Å²) in [5, 5.41) is 0. The normalized spacial score (nSPS) is 18.4. The van der Waals surface area contributed by atoms with Crippen LogP contribution in [-0.4, -0.2) is 43.0 Å². The molecule has 0 aliphatic carbocycles. The van der Waals surface area contributed by atoms with E-state index in [9.17, 15) is 9.59 Å². The van der Waals surface area contributed by atoms with Crippen molar-refractivity contribution in [1.82, 2.24) is 10.3 Å². The fourth-order valence-corrected chi connectivity index (χ4v) is 2.41. The van der Waals surface area contributed by atoms with Crippen LogP contribution in [0.3, 0.4) is 0 Å². The lowest BCUT2D eigenvalue weighted by Gasteiger charge is -2.16. The Labute approximate surface area is 123 Å². The molecule has 7 nitrogen and oxygen atoms in total. The highest BCUT2D eigenvalue weighted by atomic mass is 16.5. The highest BCUT2D eigenvalue weighted by Gasteiger charge is 2.26. The summed E-state index contributed by atoms with van der Waals surface area (Å²) in [4.78, 5) is 24.8. The third-order valence-electron chi connectivity index (χ3n) is 3.60. The Bertz CT molecular complexity index is 521. The van der Waals surface area contributed by atoms with Crippen LogP contribution in [-0.2, 0) is 4.79 Å². The van der Waals surface area contributed by atoms with E-state index in [0.717, 1.165) is 13.0 Å². The van der Waals surface area contributed by atoms with E-state index in [2.05, 4.69) is 10.3 Å². The molecular formula is C14H20N4O3. The minimum Gasteiger partial charge on any atom is -0.491 e. The third kappa shape index (κ3) is 3.93. The number of benzene rings is 1. The Balaban J connectivity index is 1.84. The maximum Gasteiger partial charge on any atom is 0.268 e. The SMILES string of the molecule is NNC(=O)c1ccccc1OCCN1CCC(C(N)=O)C1. The first-order chi connectivity index (χ1) is 10.1. The second kappa shape index (κ2) is 7.05. The molecule has 0 spiro atoms. The average molecular weight is 292 g/mol. The van der Waals surface area contributed by atoms with Gasteiger partial charge in [-0.25, -0.2) is 5.84 Å². The van der Waals surface area contributed by atoms with E-state index in [1.165, 1.54) is 0 Å². The van der Waals surface area contributed by atoms with Gasteiger partial charge in [0.15, 0.2) is 0 Å². The number of nitrogen functional groups attached to an aromatic ring is 1. The number of amides is 2. The number of likely N-dealkylation sites (tertiary alicyclic amines) is 1. The molecule has 1 aromatic carbocycles. The molecule has 1 aliphatic rings. The van der Waals surface area contributed by atoms with Gasteiger partial charge in [0.25, 0.3) is 5.91 Å². The number of nitrogens with one attached hydrogen (secondary N) is 1. The number of nitrogens with zero attached hydrogens (tertiary/aromatic N) is 1. The van der Waals surface area contributed by atoms with Crippen LogP contribution in [0.25, 0.3) is 0 Å². The average Bonchev–Trinajstić information content (AvgIpc) is 2.96. The topological polar surface area (TPSA) is 111 Å². The number of hydrazine groups is 1. The van der Waals surface area contributed by atoms with Crippen LogP contribution in [0.5, 0.6) is 5.75 Å². The summed E-state index contributed by atoms with van der Waals surface area (Å²) in [7, 11) is 0. The summed E-state index contributed by atoms with van der Waals surface area (Å²) >= 11 is 0. The van der Waals surface area contributed by atoms with E-state index in [4.69, 9.17) is 16.3 Å². The number of hydrogen-bond acceptors (Lipinski definition) is 5. The largest absolute Gasteiger partial charge is 0.491 e. The van der Waals surface area contributed by atoms with Crippen LogP contribution in [0.1, 0.15) is 16.8 Å². The Morgan fingerprint density at radius 1 is 1.38 bits per heavy atom. The second-order valence-corrected chi connectivity index (χ2v) is 5.01. The van der Waals surface area contributed by atoms with Crippen LogP contribution in [0.4, 0.5) is 0 Å². The first-order valence-corrected chi connectivity index (χ1v) is 6.86. The lowest BCUT2D eigenvalue weighted by Crippen LogP contribution is -2.31. The van der Waals surface area contributed by atoms with Crippen molar-refractivity contribution in [3.8, 4) is 5.75 Å². The van der Waals surface area contributed by atoms with Crippen molar-refractivity contribution in [1.29, 1.82) is 0 Å². The van der Waals surface area contributed by atoms with Crippen molar-refractivity contribution in [2.45, 2.75) is 6.42 Å². The lowest BCUT2D eigenvalue weighted by atomic mass is 10.1. The quantitative estimate of drug-likeness (QED) is 0.371. The summed E-state index contributed by atoms with van der Waals surface area (Å²) < 4.78 is 5.64. The highest BCUT2D eigenvalue weighted by molar-refractivity contribution is 5.96. The Morgan fingerprint density at radius 3 is 2.81 bits per heavy atom. The van der Waals surface area contributed by atoms with Gasteiger partial charge in [-0.1, -0.05) is 12.1 Å². The monoisotopic (exact) mass is 292 g/mol. The van der Waals surface area contributed by atoms with E-state index < -0.39 is 0 Å². The van der Waals surface area contributed by atoms with E-state index in [1.54, 1.807) is 24.3 Å². The van der Waals surface area contributed by atoms with Gasteiger partial charge < -0.3 is 10.5 Å². The predicted octanol–water partition coefficient (Wildman–Crippen LogP) is -0.524. The van der Waals surface area contributed by atoms with Crippen molar-refractivity contribution in [2.24, 2.45) is 17.5 Å². The number of rotatable bonds is 6. The van der Waals surface area contributed by atoms with Gasteiger partial charge in [-0.05, 0) is 25.1 Å². The van der Waals surface area contributed by atoms with Crippen LogP contribution >= 0.6 is 0 Å². The zero-order valence-electron chi connectivity index (χ0n) is 11.7. The second-order valence-electron chi connectivity index (χ2n) is 5.01. The molecule has 2 amide bonds. The Kier molecular flexibility index (Phi) is 5.13. The number of hydrogen-bond donors (Lipinski definition) is 3. The molecule has 1 unspecified atom stereocenters. The van der Waals surface area contributed by atoms with Crippen LogP contribution < -0.4 is 21.7 Å². The molecule has 1 saturated heterocycles. The van der Waals surface area contributed by atoms with Gasteiger partial charge in [-0.2, -0.15) is 0 Å². The zero-order valence-corrected chi connectivity index (χ0v) is 11.7. The molecule has 114 valence electrons. The van der Waals surface area contributed by atoms with Gasteiger partial charge in [-0.15, -0.1) is 0 Å². The van der Waals surface area contributed by atoms with E-state index in [-0.39, 0.29) is 17.7 Å². The number of carbonyl (C=O) groups excluding carboxylic acids is 2. The molecule has 1 aliphatic heterocycles. The molecule has 1 fully saturated rings. The summed E-state index contributed by atoms with van der Waals surface area (Å²) in [6.45, 7) is 2.62. The van der Waals surface area contributed by atoms with Gasteiger partial charge in [-0.3, -0.25) is 19.9 Å². The predicted molar refractivity (Wildman–Crippen MR) is 77.3 cm³/mol. The van der Waals surface area contributed by atoms with Crippen molar-refractivity contribution in [3.05, 3.63) is 29.8 Å². The standard InChI is InChI=1S/C14H20N4O3/c15-13(19)10-5-6-18(9-10)7-8-21-12-4-2-1-3-11(12)14(20)17-16/h1-4,10H,5-9,16H2,(H2,15,19)(H,17,20). The van der Waals surface area contributed by atoms with Crippen molar-refractivity contribution >= 4 is 11.8 Å². The van der Waals surface area contributed by atoms with Gasteiger partial charge in [0.2, 0.25) is 5.91 Å². The van der Waals surface area contributed by atoms with Crippen LogP contribution in [0, 0.1) is 5.92 Å². The maximum atomic E-state index is 11.6. The van der Waals surface area contributed by atoms with Crippen molar-refractivity contribution in [2.75, 3.05) is 26.2 Å². The number of para-hydroxylation sites is 1. The summed E-state index contributed by atoms with van der Waals surface area (Å²) in [5.74, 6) is 4.93. The summed E-state index contributed by atoms with van der Waals surface area (Å²) in [6, 6.07) is 6.91. The van der Waals surface area contributed by atoms with Crippen LogP contribution in [0.2, 0.25) is 0 Å². The first-order valence-electron chi connectivity index (χ1n) is 6.86. The molecule has 1 atom stereocenters. The highest BCUT2D eigenvalue weighted by Crippen LogP contribution is 2.18. The van der Waals surface area contributed by atoms with Crippen molar-refractivity contribution < 1.29 is 14.3 Å². The first kappa shape index (κ1) is 15.3. The summed E-state index contributed by atoms with van der Waals surface area (Å²) in [6.07, 6.45) is 0.793. The van der Waals surface area contributed by atoms with Crippen molar-refractivity contribution in [3.63, 3.8) is 0 Å². The van der Waals surface area contributed by atoms with Gasteiger partial charge in [0.05, 0.1) is 11.5 Å². The number of carbonyl (C=O) groups is 2. The maximum absolute atomic E-state index is 11.6. The molecule has 1 aromatic rings. The van der Waals surface area contributed by atoms with E-state index >= 15 is 0 Å². The molecule has 0 bridgehead atoms. The number of primary amides is 1. The Morgan fingerprint density at radius 2 is 2.14 bits per heavy atom. The van der Waals surface area contributed by atoms with E-state index in [0.29, 0.717) is 31.0 Å². The molecule has 2 rings (SSSR count). The molecule has 7 heteroatoms. The van der Waals surface area contributed by atoms with Gasteiger partial charge in [0.1, 0.15) is 12.4 Å². The molecule has 0 aromatic heterocycles. The molecular weight excluding hydrogens is 272 g/mol. The van der Waals surface area contributed by atoms with Gasteiger partial charge >= 0.3 is 0 Å². The fraction of sp³-hybridized carbons (Fsp3) is 0.429. The van der Waals surface area contributed by atoms with Gasteiger partial charge in [0, 0.05) is 13.1 Å². The van der Waals surface area contributed by atoms with E-state index in [1.807, 2.05) is 0 Å². The molecule has 5 N–H and O–H groups in total.